The molecule has 1 aromatic rings. The minimum atomic E-state index is -0.316. The molecule has 0 aliphatic heterocycles. The number of fused-ring (bicyclic) bond motifs is 1. The van der Waals surface area contributed by atoms with Gasteiger partial charge in [-0.1, -0.05) is 24.3 Å². The summed E-state index contributed by atoms with van der Waals surface area (Å²) in [7, 11) is 0. The molecule has 20 heavy (non-hydrogen) atoms. The Labute approximate surface area is 124 Å². The molecule has 1 atom stereocenters. The van der Waals surface area contributed by atoms with E-state index in [4.69, 9.17) is 5.73 Å². The number of halogens is 1. The van der Waals surface area contributed by atoms with Crippen molar-refractivity contribution in [3.05, 3.63) is 35.4 Å². The SMILES string of the molecule is Cl.NCC(=O)NCC(=O)NC1CCc2ccccc2C1. The number of aryl methyl sites for hydroxylation is 1. The number of rotatable bonds is 4. The van der Waals surface area contributed by atoms with Crippen LogP contribution in [0.25, 0.3) is 0 Å². The van der Waals surface area contributed by atoms with Crippen LogP contribution in [0.2, 0.25) is 0 Å². The molecule has 0 bridgehead atoms. The van der Waals surface area contributed by atoms with Crippen molar-refractivity contribution in [3.8, 4) is 0 Å². The molecule has 0 spiro atoms. The molecule has 4 N–H and O–H groups in total. The summed E-state index contributed by atoms with van der Waals surface area (Å²) in [4.78, 5) is 22.6. The highest BCUT2D eigenvalue weighted by Crippen LogP contribution is 2.20. The number of benzene rings is 1. The molecule has 1 aromatic carbocycles. The molecule has 1 aliphatic carbocycles. The van der Waals surface area contributed by atoms with Crippen LogP contribution in [0.15, 0.2) is 24.3 Å². The monoisotopic (exact) mass is 297 g/mol. The van der Waals surface area contributed by atoms with Gasteiger partial charge in [0.25, 0.3) is 0 Å². The third-order valence-corrected chi connectivity index (χ3v) is 3.34. The smallest absolute Gasteiger partial charge is 0.239 e. The maximum Gasteiger partial charge on any atom is 0.239 e. The van der Waals surface area contributed by atoms with Crippen LogP contribution in [0.4, 0.5) is 0 Å². The second-order valence-electron chi connectivity index (χ2n) is 4.76. The zero-order valence-electron chi connectivity index (χ0n) is 11.2. The van der Waals surface area contributed by atoms with Gasteiger partial charge >= 0.3 is 0 Å². The Morgan fingerprint density at radius 3 is 2.60 bits per heavy atom. The standard InChI is InChI=1S/C14H19N3O2.ClH/c15-8-13(18)16-9-14(19)17-12-6-5-10-3-1-2-4-11(10)7-12;/h1-4,12H,5-9,15H2,(H,16,18)(H,17,19);1H. The molecule has 5 nitrogen and oxygen atoms in total. The summed E-state index contributed by atoms with van der Waals surface area (Å²) in [5.74, 6) is -0.477. The Bertz CT molecular complexity index is 479. The number of amides is 2. The molecular weight excluding hydrogens is 278 g/mol. The van der Waals surface area contributed by atoms with E-state index in [1.807, 2.05) is 12.1 Å². The summed E-state index contributed by atoms with van der Waals surface area (Å²) in [5, 5.41) is 5.41. The van der Waals surface area contributed by atoms with Gasteiger partial charge in [-0.3, -0.25) is 9.59 Å². The van der Waals surface area contributed by atoms with Gasteiger partial charge in [0.1, 0.15) is 0 Å². The first-order valence-electron chi connectivity index (χ1n) is 6.52. The zero-order chi connectivity index (χ0) is 13.7. The van der Waals surface area contributed by atoms with Gasteiger partial charge in [0.05, 0.1) is 13.1 Å². The molecule has 0 heterocycles. The number of hydrogen-bond acceptors (Lipinski definition) is 3. The van der Waals surface area contributed by atoms with Crippen molar-refractivity contribution in [1.82, 2.24) is 10.6 Å². The first-order valence-corrected chi connectivity index (χ1v) is 6.52. The highest BCUT2D eigenvalue weighted by Gasteiger charge is 2.19. The average Bonchev–Trinajstić information content (AvgIpc) is 2.44. The average molecular weight is 298 g/mol. The molecule has 110 valence electrons. The van der Waals surface area contributed by atoms with Crippen molar-refractivity contribution in [2.24, 2.45) is 5.73 Å². The van der Waals surface area contributed by atoms with Crippen molar-refractivity contribution in [2.45, 2.75) is 25.3 Å². The molecule has 2 rings (SSSR count). The molecule has 0 fully saturated rings. The molecule has 0 radical (unpaired) electrons. The molecule has 2 amide bonds. The third-order valence-electron chi connectivity index (χ3n) is 3.34. The van der Waals surface area contributed by atoms with Crippen LogP contribution in [-0.2, 0) is 22.4 Å². The van der Waals surface area contributed by atoms with E-state index in [1.54, 1.807) is 0 Å². The van der Waals surface area contributed by atoms with Crippen LogP contribution in [0.5, 0.6) is 0 Å². The van der Waals surface area contributed by atoms with E-state index in [0.29, 0.717) is 0 Å². The Morgan fingerprint density at radius 1 is 1.20 bits per heavy atom. The van der Waals surface area contributed by atoms with Gasteiger partial charge in [0.15, 0.2) is 0 Å². The maximum atomic E-state index is 11.7. The second kappa shape index (κ2) is 7.87. The van der Waals surface area contributed by atoms with Gasteiger partial charge in [-0.15, -0.1) is 12.4 Å². The van der Waals surface area contributed by atoms with Gasteiger partial charge in [-0.05, 0) is 30.4 Å². The van der Waals surface area contributed by atoms with Crippen LogP contribution < -0.4 is 16.4 Å². The van der Waals surface area contributed by atoms with E-state index in [-0.39, 0.29) is 43.4 Å². The lowest BCUT2D eigenvalue weighted by Crippen LogP contribution is -2.45. The number of carbonyl (C=O) groups excluding carboxylic acids is 2. The highest BCUT2D eigenvalue weighted by molar-refractivity contribution is 5.85. The summed E-state index contributed by atoms with van der Waals surface area (Å²) in [6.45, 7) is -0.0989. The first-order chi connectivity index (χ1) is 9.19. The van der Waals surface area contributed by atoms with Gasteiger partial charge in [-0.25, -0.2) is 0 Å². The predicted octanol–water partition coefficient (Wildman–Crippen LogP) is 0.157. The molecule has 6 heteroatoms. The molecule has 1 aliphatic rings. The van der Waals surface area contributed by atoms with Gasteiger partial charge in [-0.2, -0.15) is 0 Å². The van der Waals surface area contributed by atoms with Crippen molar-refractivity contribution in [2.75, 3.05) is 13.1 Å². The number of nitrogens with one attached hydrogen (secondary N) is 2. The number of nitrogens with two attached hydrogens (primary N) is 1. The van der Waals surface area contributed by atoms with Crippen LogP contribution >= 0.6 is 12.4 Å². The topological polar surface area (TPSA) is 84.2 Å². The number of carbonyl (C=O) groups is 2. The summed E-state index contributed by atoms with van der Waals surface area (Å²) < 4.78 is 0. The minimum Gasteiger partial charge on any atom is -0.351 e. The van der Waals surface area contributed by atoms with Crippen LogP contribution in [0.1, 0.15) is 17.5 Å². The predicted molar refractivity (Wildman–Crippen MR) is 79.7 cm³/mol. The fraction of sp³-hybridized carbons (Fsp3) is 0.429. The van der Waals surface area contributed by atoms with Crippen LogP contribution in [-0.4, -0.2) is 30.9 Å². The molecule has 0 aromatic heterocycles. The fourth-order valence-electron chi connectivity index (χ4n) is 2.35. The maximum absolute atomic E-state index is 11.7. The second-order valence-corrected chi connectivity index (χ2v) is 4.76. The van der Waals surface area contributed by atoms with Crippen LogP contribution in [0, 0.1) is 0 Å². The van der Waals surface area contributed by atoms with Gasteiger partial charge in [0, 0.05) is 6.04 Å². The van der Waals surface area contributed by atoms with E-state index >= 15 is 0 Å². The van der Waals surface area contributed by atoms with Crippen molar-refractivity contribution in [1.29, 1.82) is 0 Å². The van der Waals surface area contributed by atoms with E-state index < -0.39 is 0 Å². The molecule has 0 saturated carbocycles. The summed E-state index contributed by atoms with van der Waals surface area (Å²) >= 11 is 0. The highest BCUT2D eigenvalue weighted by atomic mass is 35.5. The largest absolute Gasteiger partial charge is 0.351 e. The van der Waals surface area contributed by atoms with E-state index in [1.165, 1.54) is 11.1 Å². The molecule has 0 saturated heterocycles. The lowest BCUT2D eigenvalue weighted by molar-refractivity contribution is -0.125. The summed E-state index contributed by atoms with van der Waals surface area (Å²) in [6.07, 6.45) is 2.77. The Kier molecular flexibility index (Phi) is 6.48. The Balaban J connectivity index is 0.00000200. The quantitative estimate of drug-likeness (QED) is 0.740. The molecule has 1 unspecified atom stereocenters. The number of hydrogen-bond donors (Lipinski definition) is 3. The molecular formula is C14H20ClN3O2. The Morgan fingerprint density at radius 2 is 1.90 bits per heavy atom. The zero-order valence-corrected chi connectivity index (χ0v) is 12.0. The first kappa shape index (κ1) is 16.5. The fourth-order valence-corrected chi connectivity index (χ4v) is 2.35. The van der Waals surface area contributed by atoms with Crippen molar-refractivity contribution >= 4 is 24.2 Å². The van der Waals surface area contributed by atoms with Crippen molar-refractivity contribution in [3.63, 3.8) is 0 Å². The van der Waals surface area contributed by atoms with E-state index in [0.717, 1.165) is 19.3 Å². The Hall–Kier alpha value is -1.59. The van der Waals surface area contributed by atoms with Crippen molar-refractivity contribution < 1.29 is 9.59 Å². The normalized spacial score (nSPS) is 16.6. The minimum absolute atomic E-state index is 0. The summed E-state index contributed by atoms with van der Waals surface area (Å²) in [6, 6.07) is 8.45. The van der Waals surface area contributed by atoms with Gasteiger partial charge < -0.3 is 16.4 Å². The lowest BCUT2D eigenvalue weighted by Gasteiger charge is -2.25. The van der Waals surface area contributed by atoms with Crippen LogP contribution in [0.3, 0.4) is 0 Å². The van der Waals surface area contributed by atoms with Gasteiger partial charge in [0.2, 0.25) is 11.8 Å². The third kappa shape index (κ3) is 4.51. The van der Waals surface area contributed by atoms with E-state index in [9.17, 15) is 9.59 Å². The van der Waals surface area contributed by atoms with E-state index in [2.05, 4.69) is 22.8 Å². The summed E-state index contributed by atoms with van der Waals surface area (Å²) in [5.41, 5.74) is 7.81. The lowest BCUT2D eigenvalue weighted by atomic mass is 9.88.